The topological polar surface area (TPSA) is 101 Å². The van der Waals surface area contributed by atoms with Crippen LogP contribution in [-0.2, 0) is 0 Å². The third kappa shape index (κ3) is 3.38. The van der Waals surface area contributed by atoms with Crippen molar-refractivity contribution in [2.24, 2.45) is 5.92 Å². The Morgan fingerprint density at radius 1 is 1.32 bits per heavy atom. The van der Waals surface area contributed by atoms with Crippen LogP contribution in [0, 0.1) is 5.92 Å². The van der Waals surface area contributed by atoms with Crippen molar-refractivity contribution >= 4 is 17.3 Å². The van der Waals surface area contributed by atoms with Crippen LogP contribution in [0.5, 0.6) is 0 Å². The van der Waals surface area contributed by atoms with Crippen molar-refractivity contribution in [1.29, 1.82) is 0 Å². The predicted octanol–water partition coefficient (Wildman–Crippen LogP) is 1.13. The van der Waals surface area contributed by atoms with Gasteiger partial charge >= 0.3 is 0 Å². The van der Waals surface area contributed by atoms with Crippen LogP contribution in [0.1, 0.15) is 36.0 Å². The van der Waals surface area contributed by atoms with Crippen LogP contribution in [0.3, 0.4) is 0 Å². The van der Waals surface area contributed by atoms with Gasteiger partial charge in [-0.05, 0) is 31.0 Å². The molecular formula is C14H21N3O2. The number of aliphatic hydroxyl groups excluding tert-OH is 1. The number of nitrogens with two attached hydrogens (primary N) is 2. The molecule has 1 aliphatic carbocycles. The van der Waals surface area contributed by atoms with Gasteiger partial charge in [-0.25, -0.2) is 0 Å². The van der Waals surface area contributed by atoms with Gasteiger partial charge in [0.05, 0.1) is 11.7 Å². The molecule has 5 heteroatoms. The Morgan fingerprint density at radius 2 is 2.05 bits per heavy atom. The van der Waals surface area contributed by atoms with E-state index in [1.54, 1.807) is 18.2 Å². The maximum Gasteiger partial charge on any atom is 0.253 e. The van der Waals surface area contributed by atoms with E-state index in [-0.39, 0.29) is 17.9 Å². The van der Waals surface area contributed by atoms with Crippen LogP contribution < -0.4 is 16.8 Å². The zero-order valence-electron chi connectivity index (χ0n) is 10.9. The van der Waals surface area contributed by atoms with Crippen molar-refractivity contribution in [3.8, 4) is 0 Å². The zero-order chi connectivity index (χ0) is 13.8. The highest BCUT2D eigenvalue weighted by molar-refractivity contribution is 5.99. The van der Waals surface area contributed by atoms with Gasteiger partial charge in [0.25, 0.3) is 5.91 Å². The van der Waals surface area contributed by atoms with Crippen LogP contribution >= 0.6 is 0 Å². The summed E-state index contributed by atoms with van der Waals surface area (Å²) in [5, 5.41) is 12.7. The predicted molar refractivity (Wildman–Crippen MR) is 75.6 cm³/mol. The van der Waals surface area contributed by atoms with E-state index >= 15 is 0 Å². The number of rotatable bonds is 3. The second kappa shape index (κ2) is 5.93. The number of carbonyl (C=O) groups is 1. The van der Waals surface area contributed by atoms with Gasteiger partial charge in [-0.3, -0.25) is 4.79 Å². The molecule has 0 radical (unpaired) electrons. The number of anilines is 2. The molecular weight excluding hydrogens is 242 g/mol. The molecule has 104 valence electrons. The fourth-order valence-corrected chi connectivity index (χ4v) is 2.53. The third-order valence-corrected chi connectivity index (χ3v) is 3.71. The fourth-order valence-electron chi connectivity index (χ4n) is 2.53. The number of nitrogens with one attached hydrogen (secondary N) is 1. The average Bonchev–Trinajstić information content (AvgIpc) is 2.37. The van der Waals surface area contributed by atoms with Gasteiger partial charge in [0.1, 0.15) is 0 Å². The van der Waals surface area contributed by atoms with Gasteiger partial charge in [0, 0.05) is 23.8 Å². The summed E-state index contributed by atoms with van der Waals surface area (Å²) in [4.78, 5) is 12.0. The molecule has 1 saturated carbocycles. The second-order valence-corrected chi connectivity index (χ2v) is 5.17. The summed E-state index contributed by atoms with van der Waals surface area (Å²) in [6, 6.07) is 4.85. The molecule has 1 fully saturated rings. The second-order valence-electron chi connectivity index (χ2n) is 5.17. The zero-order valence-corrected chi connectivity index (χ0v) is 10.9. The first-order valence-corrected chi connectivity index (χ1v) is 6.69. The maximum atomic E-state index is 12.0. The van der Waals surface area contributed by atoms with E-state index in [1.807, 2.05) is 0 Å². The van der Waals surface area contributed by atoms with Gasteiger partial charge in [0.15, 0.2) is 0 Å². The molecule has 0 aromatic heterocycles. The summed E-state index contributed by atoms with van der Waals surface area (Å²) in [5.74, 6) is -0.0667. The van der Waals surface area contributed by atoms with Crippen molar-refractivity contribution < 1.29 is 9.90 Å². The Morgan fingerprint density at radius 3 is 2.74 bits per heavy atom. The highest BCUT2D eigenvalue weighted by Gasteiger charge is 2.23. The Hall–Kier alpha value is -1.75. The van der Waals surface area contributed by atoms with E-state index in [0.29, 0.717) is 23.5 Å². The normalized spacial score (nSPS) is 23.0. The van der Waals surface area contributed by atoms with Crippen LogP contribution in [-0.4, -0.2) is 23.7 Å². The first-order chi connectivity index (χ1) is 9.08. The van der Waals surface area contributed by atoms with Crippen molar-refractivity contribution in [3.63, 3.8) is 0 Å². The van der Waals surface area contributed by atoms with Crippen molar-refractivity contribution in [2.45, 2.75) is 31.8 Å². The van der Waals surface area contributed by atoms with Crippen molar-refractivity contribution in [2.75, 3.05) is 18.0 Å². The molecule has 1 aromatic carbocycles. The SMILES string of the molecule is Nc1ccc(C(=O)NCC2CCCCC2O)c(N)c1. The summed E-state index contributed by atoms with van der Waals surface area (Å²) < 4.78 is 0. The Kier molecular flexibility index (Phi) is 4.27. The average molecular weight is 263 g/mol. The number of carbonyl (C=O) groups excluding carboxylic acids is 1. The molecule has 2 rings (SSSR count). The molecule has 1 aliphatic rings. The minimum Gasteiger partial charge on any atom is -0.399 e. The molecule has 0 bridgehead atoms. The molecule has 0 saturated heterocycles. The Balaban J connectivity index is 1.93. The van der Waals surface area contributed by atoms with Gasteiger partial charge in [-0.2, -0.15) is 0 Å². The lowest BCUT2D eigenvalue weighted by atomic mass is 9.86. The van der Waals surface area contributed by atoms with Crippen LogP contribution in [0.25, 0.3) is 0 Å². The number of hydrogen-bond donors (Lipinski definition) is 4. The quantitative estimate of drug-likeness (QED) is 0.614. The van der Waals surface area contributed by atoms with E-state index in [9.17, 15) is 9.90 Å². The molecule has 0 spiro atoms. The number of aliphatic hydroxyl groups is 1. The molecule has 2 unspecified atom stereocenters. The minimum absolute atomic E-state index is 0.146. The maximum absolute atomic E-state index is 12.0. The van der Waals surface area contributed by atoms with Gasteiger partial charge in [-0.1, -0.05) is 12.8 Å². The molecule has 6 N–H and O–H groups in total. The van der Waals surface area contributed by atoms with E-state index in [0.717, 1.165) is 25.7 Å². The van der Waals surface area contributed by atoms with E-state index < -0.39 is 0 Å². The molecule has 19 heavy (non-hydrogen) atoms. The Labute approximate surface area is 113 Å². The number of benzene rings is 1. The highest BCUT2D eigenvalue weighted by Crippen LogP contribution is 2.24. The minimum atomic E-state index is -0.308. The van der Waals surface area contributed by atoms with Crippen LogP contribution in [0.15, 0.2) is 18.2 Å². The monoisotopic (exact) mass is 263 g/mol. The summed E-state index contributed by atoms with van der Waals surface area (Å²) >= 11 is 0. The molecule has 1 amide bonds. The number of nitrogen functional groups attached to an aromatic ring is 2. The lowest BCUT2D eigenvalue weighted by Gasteiger charge is -2.27. The van der Waals surface area contributed by atoms with E-state index in [2.05, 4.69) is 5.32 Å². The van der Waals surface area contributed by atoms with Crippen molar-refractivity contribution in [3.05, 3.63) is 23.8 Å². The lowest BCUT2D eigenvalue weighted by molar-refractivity contribution is 0.0663. The van der Waals surface area contributed by atoms with Gasteiger partial charge in [-0.15, -0.1) is 0 Å². The summed E-state index contributed by atoms with van der Waals surface area (Å²) in [6.07, 6.45) is 3.65. The van der Waals surface area contributed by atoms with Gasteiger partial charge < -0.3 is 21.9 Å². The molecule has 0 aliphatic heterocycles. The molecule has 0 heterocycles. The number of amides is 1. The van der Waals surface area contributed by atoms with Crippen LogP contribution in [0.2, 0.25) is 0 Å². The summed E-state index contributed by atoms with van der Waals surface area (Å²) in [6.45, 7) is 0.490. The van der Waals surface area contributed by atoms with E-state index in [1.165, 1.54) is 0 Å². The van der Waals surface area contributed by atoms with Gasteiger partial charge in [0.2, 0.25) is 0 Å². The number of hydrogen-bond acceptors (Lipinski definition) is 4. The standard InChI is InChI=1S/C14H21N3O2/c15-10-5-6-11(12(16)7-10)14(19)17-8-9-3-1-2-4-13(9)18/h5-7,9,13,18H,1-4,8,15-16H2,(H,17,19). The Bertz CT molecular complexity index is 462. The largest absolute Gasteiger partial charge is 0.399 e. The lowest BCUT2D eigenvalue weighted by Crippen LogP contribution is -2.36. The summed E-state index contributed by atoms with van der Waals surface area (Å²) in [7, 11) is 0. The molecule has 2 atom stereocenters. The van der Waals surface area contributed by atoms with Crippen molar-refractivity contribution in [1.82, 2.24) is 5.32 Å². The first-order valence-electron chi connectivity index (χ1n) is 6.69. The van der Waals surface area contributed by atoms with E-state index in [4.69, 9.17) is 11.5 Å². The molecule has 5 nitrogen and oxygen atoms in total. The smallest absolute Gasteiger partial charge is 0.253 e. The summed E-state index contributed by atoms with van der Waals surface area (Å²) in [5.41, 5.74) is 12.7. The van der Waals surface area contributed by atoms with Crippen LogP contribution in [0.4, 0.5) is 11.4 Å². The highest BCUT2D eigenvalue weighted by atomic mass is 16.3. The third-order valence-electron chi connectivity index (χ3n) is 3.71. The fraction of sp³-hybridized carbons (Fsp3) is 0.500. The molecule has 1 aromatic rings. The first kappa shape index (κ1) is 13.7.